The lowest BCUT2D eigenvalue weighted by atomic mass is 10.1. The van der Waals surface area contributed by atoms with Gasteiger partial charge in [0.25, 0.3) is 0 Å². The van der Waals surface area contributed by atoms with Gasteiger partial charge in [-0.05, 0) is 38.3 Å². The molecule has 0 heterocycles. The Morgan fingerprint density at radius 1 is 0.783 bits per heavy atom. The third kappa shape index (κ3) is 12.1. The average Bonchev–Trinajstić information content (AvgIpc) is 2.59. The Kier molecular flexibility index (Phi) is 12.6. The molecule has 1 rings (SSSR count). The van der Waals surface area contributed by atoms with Gasteiger partial charge in [-0.1, -0.05) is 50.8 Å². The molecule has 1 atom stereocenters. The van der Waals surface area contributed by atoms with Gasteiger partial charge in [0.15, 0.2) is 0 Å². The summed E-state index contributed by atoms with van der Waals surface area (Å²) in [7, 11) is 0. The van der Waals surface area contributed by atoms with E-state index in [0.29, 0.717) is 19.3 Å². The molecular formula is C20H34O3. The van der Waals surface area contributed by atoms with Gasteiger partial charge in [0.1, 0.15) is 12.4 Å². The predicted octanol–water partition coefficient (Wildman–Crippen LogP) is 5.24. The second kappa shape index (κ2) is 14.5. The molecule has 0 saturated heterocycles. The average molecular weight is 322 g/mol. The Morgan fingerprint density at radius 3 is 2.13 bits per heavy atom. The third-order valence-corrected chi connectivity index (χ3v) is 3.90. The summed E-state index contributed by atoms with van der Waals surface area (Å²) in [5, 5.41) is 0. The van der Waals surface area contributed by atoms with Crippen LogP contribution < -0.4 is 4.74 Å². The summed E-state index contributed by atoms with van der Waals surface area (Å²) in [5.41, 5.74) is 0. The molecular weight excluding hydrogens is 288 g/mol. The highest BCUT2D eigenvalue weighted by molar-refractivity contribution is 5.20. The molecule has 1 unspecified atom stereocenters. The smallest absolute Gasteiger partial charge is 0.119 e. The lowest BCUT2D eigenvalue weighted by molar-refractivity contribution is 0.0607. The normalized spacial score (nSPS) is 12.3. The van der Waals surface area contributed by atoms with Gasteiger partial charge < -0.3 is 14.2 Å². The Labute approximate surface area is 142 Å². The topological polar surface area (TPSA) is 27.7 Å². The van der Waals surface area contributed by atoms with E-state index in [2.05, 4.69) is 13.8 Å². The van der Waals surface area contributed by atoms with E-state index in [-0.39, 0.29) is 0 Å². The van der Waals surface area contributed by atoms with E-state index in [4.69, 9.17) is 14.2 Å². The largest absolute Gasteiger partial charge is 0.491 e. The van der Waals surface area contributed by atoms with Gasteiger partial charge in [-0.3, -0.25) is 0 Å². The summed E-state index contributed by atoms with van der Waals surface area (Å²) in [6, 6.07) is 9.88. The van der Waals surface area contributed by atoms with Crippen molar-refractivity contribution in [2.24, 2.45) is 0 Å². The highest BCUT2D eigenvalue weighted by atomic mass is 16.5. The molecule has 1 aromatic carbocycles. The molecule has 23 heavy (non-hydrogen) atoms. The van der Waals surface area contributed by atoms with Crippen molar-refractivity contribution in [1.82, 2.24) is 0 Å². The molecule has 0 amide bonds. The molecule has 0 radical (unpaired) electrons. The summed E-state index contributed by atoms with van der Waals surface area (Å²) in [6.45, 7) is 7.36. The van der Waals surface area contributed by atoms with Gasteiger partial charge in [-0.15, -0.1) is 0 Å². The lowest BCUT2D eigenvalue weighted by Gasteiger charge is -2.10. The highest BCUT2D eigenvalue weighted by Crippen LogP contribution is 2.08. The van der Waals surface area contributed by atoms with Crippen LogP contribution in [0.1, 0.15) is 58.8 Å². The highest BCUT2D eigenvalue weighted by Gasteiger charge is 1.98. The van der Waals surface area contributed by atoms with Gasteiger partial charge in [0.2, 0.25) is 0 Å². The second-order valence-corrected chi connectivity index (χ2v) is 5.98. The van der Waals surface area contributed by atoms with Gasteiger partial charge in [-0.2, -0.15) is 0 Å². The number of ether oxygens (including phenoxy) is 3. The van der Waals surface area contributed by atoms with Crippen LogP contribution in [0.5, 0.6) is 5.75 Å². The number of unbranched alkanes of at least 4 members (excludes halogenated alkanes) is 5. The minimum absolute atomic E-state index is 0.415. The number of hydrogen-bond acceptors (Lipinski definition) is 3. The third-order valence-electron chi connectivity index (χ3n) is 3.90. The second-order valence-electron chi connectivity index (χ2n) is 5.98. The van der Waals surface area contributed by atoms with Crippen LogP contribution in [0.25, 0.3) is 0 Å². The SMILES string of the molecule is CCC(C)OCCCCCCCCOCCOc1ccccc1. The molecule has 0 N–H and O–H groups in total. The summed E-state index contributed by atoms with van der Waals surface area (Å²) in [6.07, 6.45) is 9.00. The Bertz CT molecular complexity index is 353. The first-order valence-electron chi connectivity index (χ1n) is 9.20. The molecule has 0 aliphatic carbocycles. The van der Waals surface area contributed by atoms with Crippen LogP contribution in [0, 0.1) is 0 Å². The number of hydrogen-bond donors (Lipinski definition) is 0. The molecule has 0 bridgehead atoms. The molecule has 0 aromatic heterocycles. The summed E-state index contributed by atoms with van der Waals surface area (Å²) in [5.74, 6) is 0.911. The zero-order valence-electron chi connectivity index (χ0n) is 15.0. The zero-order chi connectivity index (χ0) is 16.6. The molecule has 132 valence electrons. The summed E-state index contributed by atoms with van der Waals surface area (Å²) >= 11 is 0. The van der Waals surface area contributed by atoms with Crippen molar-refractivity contribution >= 4 is 0 Å². The molecule has 0 spiro atoms. The van der Waals surface area contributed by atoms with Crippen LogP contribution in [0.2, 0.25) is 0 Å². The first-order chi connectivity index (χ1) is 11.3. The van der Waals surface area contributed by atoms with Crippen molar-refractivity contribution in [3.63, 3.8) is 0 Å². The van der Waals surface area contributed by atoms with Crippen molar-refractivity contribution in [1.29, 1.82) is 0 Å². The maximum atomic E-state index is 5.67. The predicted molar refractivity (Wildman–Crippen MR) is 96.2 cm³/mol. The quantitative estimate of drug-likeness (QED) is 0.413. The fraction of sp³-hybridized carbons (Fsp3) is 0.700. The van der Waals surface area contributed by atoms with Crippen LogP contribution in [-0.4, -0.2) is 32.5 Å². The van der Waals surface area contributed by atoms with Gasteiger partial charge in [-0.25, -0.2) is 0 Å². The number of para-hydroxylation sites is 1. The Balaban J connectivity index is 1.75. The van der Waals surface area contributed by atoms with Gasteiger partial charge >= 0.3 is 0 Å². The minimum Gasteiger partial charge on any atom is -0.491 e. The summed E-state index contributed by atoms with van der Waals surface area (Å²) in [4.78, 5) is 0. The lowest BCUT2D eigenvalue weighted by Crippen LogP contribution is -2.07. The molecule has 1 aromatic rings. The van der Waals surface area contributed by atoms with Crippen LogP contribution in [0.15, 0.2) is 30.3 Å². The van der Waals surface area contributed by atoms with Crippen molar-refractivity contribution in [3.05, 3.63) is 30.3 Å². The zero-order valence-corrected chi connectivity index (χ0v) is 15.0. The number of benzene rings is 1. The van der Waals surface area contributed by atoms with E-state index in [9.17, 15) is 0 Å². The maximum Gasteiger partial charge on any atom is 0.119 e. The Hall–Kier alpha value is -1.06. The van der Waals surface area contributed by atoms with Crippen LogP contribution >= 0.6 is 0 Å². The van der Waals surface area contributed by atoms with Crippen LogP contribution in [-0.2, 0) is 9.47 Å². The van der Waals surface area contributed by atoms with Gasteiger partial charge in [0.05, 0.1) is 12.7 Å². The maximum absolute atomic E-state index is 5.67. The fourth-order valence-electron chi connectivity index (χ4n) is 2.25. The monoisotopic (exact) mass is 322 g/mol. The van der Waals surface area contributed by atoms with E-state index in [1.54, 1.807) is 0 Å². The van der Waals surface area contributed by atoms with Crippen molar-refractivity contribution in [2.45, 2.75) is 64.9 Å². The van der Waals surface area contributed by atoms with Crippen molar-refractivity contribution < 1.29 is 14.2 Å². The van der Waals surface area contributed by atoms with E-state index in [1.165, 1.54) is 32.1 Å². The van der Waals surface area contributed by atoms with Crippen molar-refractivity contribution in [3.8, 4) is 5.75 Å². The standard InChI is InChI=1S/C20H34O3/c1-3-19(2)22-16-12-7-5-4-6-11-15-21-17-18-23-20-13-9-8-10-14-20/h8-10,13-14,19H,3-7,11-12,15-18H2,1-2H3. The fourth-order valence-corrected chi connectivity index (χ4v) is 2.25. The molecule has 0 aliphatic heterocycles. The summed E-state index contributed by atoms with van der Waals surface area (Å²) < 4.78 is 16.8. The van der Waals surface area contributed by atoms with E-state index in [1.807, 2.05) is 30.3 Å². The number of rotatable bonds is 15. The minimum atomic E-state index is 0.415. The van der Waals surface area contributed by atoms with Crippen LogP contribution in [0.3, 0.4) is 0 Å². The molecule has 0 saturated carbocycles. The molecule has 0 aliphatic rings. The van der Waals surface area contributed by atoms with E-state index in [0.717, 1.165) is 31.8 Å². The Morgan fingerprint density at radius 2 is 1.43 bits per heavy atom. The van der Waals surface area contributed by atoms with Crippen molar-refractivity contribution in [2.75, 3.05) is 26.4 Å². The van der Waals surface area contributed by atoms with E-state index >= 15 is 0 Å². The first-order valence-corrected chi connectivity index (χ1v) is 9.20. The molecule has 3 nitrogen and oxygen atoms in total. The molecule has 3 heteroatoms. The van der Waals surface area contributed by atoms with E-state index < -0.39 is 0 Å². The molecule has 0 fully saturated rings. The first kappa shape index (κ1) is 20.0. The van der Waals surface area contributed by atoms with Gasteiger partial charge in [0, 0.05) is 13.2 Å². The van der Waals surface area contributed by atoms with Crippen LogP contribution in [0.4, 0.5) is 0 Å².